The van der Waals surface area contributed by atoms with Gasteiger partial charge >= 0.3 is 5.97 Å². The lowest BCUT2D eigenvalue weighted by Crippen LogP contribution is -2.43. The molecule has 1 rings (SSSR count). The molecule has 3 N–H and O–H groups in total. The summed E-state index contributed by atoms with van der Waals surface area (Å²) in [7, 11) is 0. The van der Waals surface area contributed by atoms with Crippen LogP contribution in [0.15, 0.2) is 12.3 Å². The van der Waals surface area contributed by atoms with Crippen LogP contribution < -0.4 is 11.1 Å². The highest BCUT2D eigenvalue weighted by Gasteiger charge is 2.24. The summed E-state index contributed by atoms with van der Waals surface area (Å²) in [6, 6.07) is 0.0280. The summed E-state index contributed by atoms with van der Waals surface area (Å²) in [5, 5.41) is 2.42. The molecule has 0 aliphatic carbocycles. The first-order valence-electron chi connectivity index (χ1n) is 4.76. The zero-order valence-electron chi connectivity index (χ0n) is 9.01. The number of nitrogens with zero attached hydrogens (tertiary/aromatic N) is 2. The maximum atomic E-state index is 11.5. The van der Waals surface area contributed by atoms with Crippen LogP contribution in [-0.2, 0) is 14.3 Å². The van der Waals surface area contributed by atoms with Crippen molar-refractivity contribution in [1.29, 1.82) is 0 Å². The Bertz CT molecular complexity index is 426. The highest BCUT2D eigenvalue weighted by Crippen LogP contribution is 2.05. The third kappa shape index (κ3) is 3.97. The fourth-order valence-electron chi connectivity index (χ4n) is 0.924. The number of amides is 1. The number of rotatable bonds is 4. The summed E-state index contributed by atoms with van der Waals surface area (Å²) in [5.74, 6) is -1.60. The monoisotopic (exact) mass is 258 g/mol. The molecule has 1 aromatic heterocycles. The van der Waals surface area contributed by atoms with E-state index in [1.807, 2.05) is 0 Å². The molecule has 0 saturated carbocycles. The third-order valence-corrected chi connectivity index (χ3v) is 1.89. The first-order valence-corrected chi connectivity index (χ1v) is 5.14. The number of carbonyl (C=O) groups is 2. The number of aromatic nitrogens is 2. The lowest BCUT2D eigenvalue weighted by atomic mass is 10.3. The van der Waals surface area contributed by atoms with E-state index in [4.69, 9.17) is 17.3 Å². The number of nitrogens with one attached hydrogen (secondary N) is 1. The Kier molecular flexibility index (Phi) is 4.80. The van der Waals surface area contributed by atoms with E-state index in [1.54, 1.807) is 6.92 Å². The summed E-state index contributed by atoms with van der Waals surface area (Å²) in [6.45, 7) is 1.76. The number of esters is 1. The molecule has 7 nitrogen and oxygen atoms in total. The van der Waals surface area contributed by atoms with Crippen molar-refractivity contribution in [3.05, 3.63) is 17.4 Å². The van der Waals surface area contributed by atoms with E-state index in [2.05, 4.69) is 20.0 Å². The first kappa shape index (κ1) is 13.3. The smallest absolute Gasteiger partial charge is 0.332 e. The summed E-state index contributed by atoms with van der Waals surface area (Å²) in [4.78, 5) is 30.1. The first-order chi connectivity index (χ1) is 8.04. The summed E-state index contributed by atoms with van der Waals surface area (Å²) in [6.07, 6.45) is 1.36. The molecule has 8 heteroatoms. The zero-order valence-corrected chi connectivity index (χ0v) is 9.77. The fourth-order valence-corrected chi connectivity index (χ4v) is 1.06. The fraction of sp³-hybridized carbons (Fsp3) is 0.333. The number of hydrogen-bond acceptors (Lipinski definition) is 6. The van der Waals surface area contributed by atoms with Crippen LogP contribution in [0.1, 0.15) is 6.92 Å². The van der Waals surface area contributed by atoms with E-state index in [0.29, 0.717) is 0 Å². The van der Waals surface area contributed by atoms with Crippen molar-refractivity contribution in [3.63, 3.8) is 0 Å². The lowest BCUT2D eigenvalue weighted by molar-refractivity contribution is -0.146. The molecule has 0 fully saturated rings. The molecule has 1 aromatic rings. The van der Waals surface area contributed by atoms with Gasteiger partial charge in [-0.3, -0.25) is 10.1 Å². The molecular formula is C9H11ClN4O3. The quantitative estimate of drug-likeness (QED) is 0.446. The van der Waals surface area contributed by atoms with Gasteiger partial charge in [-0.05, 0) is 13.0 Å². The van der Waals surface area contributed by atoms with Gasteiger partial charge in [-0.25, -0.2) is 14.8 Å². The largest absolute Gasteiger partial charge is 0.464 e. The Balaban J connectivity index is 2.63. The average molecular weight is 259 g/mol. The van der Waals surface area contributed by atoms with Crippen molar-refractivity contribution in [1.82, 2.24) is 9.97 Å². The SMILES string of the molecule is CCOC(=O)C(N)C(=O)Nc1nccc(Cl)n1. The van der Waals surface area contributed by atoms with E-state index in [0.717, 1.165) is 0 Å². The van der Waals surface area contributed by atoms with Crippen molar-refractivity contribution in [3.8, 4) is 0 Å². The molecule has 92 valence electrons. The van der Waals surface area contributed by atoms with Gasteiger partial charge in [0.25, 0.3) is 5.91 Å². The summed E-state index contributed by atoms with van der Waals surface area (Å²) >= 11 is 5.59. The van der Waals surface area contributed by atoms with Crippen molar-refractivity contribution in [2.24, 2.45) is 5.73 Å². The molecule has 1 atom stereocenters. The van der Waals surface area contributed by atoms with E-state index in [9.17, 15) is 9.59 Å². The molecule has 17 heavy (non-hydrogen) atoms. The van der Waals surface area contributed by atoms with Crippen molar-refractivity contribution < 1.29 is 14.3 Å². The average Bonchev–Trinajstić information content (AvgIpc) is 2.28. The number of hydrogen-bond donors (Lipinski definition) is 2. The predicted octanol–water partition coefficient (Wildman–Crippen LogP) is -0.0411. The predicted molar refractivity (Wildman–Crippen MR) is 60.3 cm³/mol. The van der Waals surface area contributed by atoms with E-state index < -0.39 is 17.9 Å². The topological polar surface area (TPSA) is 107 Å². The summed E-state index contributed by atoms with van der Waals surface area (Å²) in [5.41, 5.74) is 5.36. The molecular weight excluding hydrogens is 248 g/mol. The number of halogens is 1. The maximum Gasteiger partial charge on any atom is 0.332 e. The Morgan fingerprint density at radius 3 is 2.94 bits per heavy atom. The zero-order chi connectivity index (χ0) is 12.8. The van der Waals surface area contributed by atoms with Gasteiger partial charge in [0.1, 0.15) is 5.15 Å². The highest BCUT2D eigenvalue weighted by molar-refractivity contribution is 6.29. The second-order valence-electron chi connectivity index (χ2n) is 2.92. The number of carbonyl (C=O) groups excluding carboxylic acids is 2. The van der Waals surface area contributed by atoms with Crippen LogP contribution in [0.25, 0.3) is 0 Å². The molecule has 0 saturated heterocycles. The molecule has 0 spiro atoms. The van der Waals surface area contributed by atoms with Gasteiger partial charge in [0.2, 0.25) is 5.95 Å². The van der Waals surface area contributed by atoms with Crippen molar-refractivity contribution >= 4 is 29.4 Å². The highest BCUT2D eigenvalue weighted by atomic mass is 35.5. The second-order valence-corrected chi connectivity index (χ2v) is 3.31. The van der Waals surface area contributed by atoms with Gasteiger partial charge in [0, 0.05) is 6.20 Å². The Morgan fingerprint density at radius 1 is 1.65 bits per heavy atom. The van der Waals surface area contributed by atoms with Crippen LogP contribution in [0.3, 0.4) is 0 Å². The van der Waals surface area contributed by atoms with E-state index in [-0.39, 0.29) is 17.7 Å². The van der Waals surface area contributed by atoms with E-state index in [1.165, 1.54) is 12.3 Å². The number of anilines is 1. The molecule has 0 bridgehead atoms. The lowest BCUT2D eigenvalue weighted by Gasteiger charge is -2.09. The standard InChI is InChI=1S/C9H11ClN4O3/c1-2-17-8(16)6(11)7(15)14-9-12-4-3-5(10)13-9/h3-4,6H,2,11H2,1H3,(H,12,13,14,15). The van der Waals surface area contributed by atoms with Gasteiger partial charge in [0.05, 0.1) is 6.61 Å². The minimum absolute atomic E-state index is 0.0257. The van der Waals surface area contributed by atoms with Gasteiger partial charge < -0.3 is 10.5 Å². The van der Waals surface area contributed by atoms with Crippen LogP contribution in [0.5, 0.6) is 0 Å². The van der Waals surface area contributed by atoms with Gasteiger partial charge in [0.15, 0.2) is 6.04 Å². The van der Waals surface area contributed by atoms with Gasteiger partial charge in [-0.15, -0.1) is 0 Å². The molecule has 1 unspecified atom stereocenters. The number of ether oxygens (including phenoxy) is 1. The Hall–Kier alpha value is -1.73. The Morgan fingerprint density at radius 2 is 2.35 bits per heavy atom. The van der Waals surface area contributed by atoms with Crippen molar-refractivity contribution in [2.45, 2.75) is 13.0 Å². The second kappa shape index (κ2) is 6.12. The van der Waals surface area contributed by atoms with Crippen LogP contribution in [0.4, 0.5) is 5.95 Å². The third-order valence-electron chi connectivity index (χ3n) is 1.68. The molecule has 0 aliphatic heterocycles. The molecule has 1 amide bonds. The van der Waals surface area contributed by atoms with Crippen LogP contribution in [0, 0.1) is 0 Å². The summed E-state index contributed by atoms with van der Waals surface area (Å²) < 4.78 is 4.59. The van der Waals surface area contributed by atoms with Crippen LogP contribution in [0.2, 0.25) is 5.15 Å². The Labute approximate surface area is 102 Å². The van der Waals surface area contributed by atoms with Crippen LogP contribution in [-0.4, -0.2) is 34.5 Å². The van der Waals surface area contributed by atoms with Gasteiger partial charge in [-0.1, -0.05) is 11.6 Å². The van der Waals surface area contributed by atoms with E-state index >= 15 is 0 Å². The normalized spacial score (nSPS) is 11.7. The van der Waals surface area contributed by atoms with Crippen LogP contribution >= 0.6 is 11.6 Å². The minimum atomic E-state index is -1.42. The molecule has 0 radical (unpaired) electrons. The molecule has 1 heterocycles. The maximum absolute atomic E-state index is 11.5. The molecule has 0 aromatic carbocycles. The minimum Gasteiger partial charge on any atom is -0.464 e. The van der Waals surface area contributed by atoms with Crippen molar-refractivity contribution in [2.75, 3.05) is 11.9 Å². The van der Waals surface area contributed by atoms with Gasteiger partial charge in [-0.2, -0.15) is 0 Å². The molecule has 0 aliphatic rings. The number of nitrogens with two attached hydrogens (primary N) is 1.